The fourth-order valence-corrected chi connectivity index (χ4v) is 2.43. The molecule has 1 aromatic heterocycles. The van der Waals surface area contributed by atoms with Crippen LogP contribution in [0.3, 0.4) is 0 Å². The van der Waals surface area contributed by atoms with E-state index in [1.807, 2.05) is 6.07 Å². The molecule has 0 aliphatic carbocycles. The zero-order chi connectivity index (χ0) is 18.4. The first-order valence-corrected chi connectivity index (χ1v) is 7.59. The standard InChI is InChI=1S/C17H17F3N4O/c1-11-6-14(8-21)24-16(23-11)22-9-12(10-25)7-13-4-2-3-5-15(13)17(18,19)20/h2-6,12,25H,7,9-10H2,1H3,(H,22,23,24). The molecule has 1 unspecified atom stereocenters. The molecule has 0 saturated carbocycles. The minimum absolute atomic E-state index is 0.0517. The Morgan fingerprint density at radius 3 is 2.64 bits per heavy atom. The number of nitriles is 1. The summed E-state index contributed by atoms with van der Waals surface area (Å²) in [5.74, 6) is -0.253. The van der Waals surface area contributed by atoms with Gasteiger partial charge in [0.1, 0.15) is 11.8 Å². The van der Waals surface area contributed by atoms with E-state index in [9.17, 15) is 18.3 Å². The molecule has 0 amide bonds. The summed E-state index contributed by atoms with van der Waals surface area (Å²) in [6.45, 7) is 1.59. The fraction of sp³-hybridized carbons (Fsp3) is 0.353. The van der Waals surface area contributed by atoms with E-state index in [1.165, 1.54) is 24.3 Å². The highest BCUT2D eigenvalue weighted by Crippen LogP contribution is 2.32. The van der Waals surface area contributed by atoms with Crippen molar-refractivity contribution < 1.29 is 18.3 Å². The molecule has 25 heavy (non-hydrogen) atoms. The van der Waals surface area contributed by atoms with Gasteiger partial charge in [-0.15, -0.1) is 0 Å². The average Bonchev–Trinajstić information content (AvgIpc) is 2.57. The highest BCUT2D eigenvalue weighted by Gasteiger charge is 2.33. The van der Waals surface area contributed by atoms with Gasteiger partial charge in [-0.1, -0.05) is 18.2 Å². The van der Waals surface area contributed by atoms with Crippen LogP contribution in [-0.2, 0) is 12.6 Å². The number of anilines is 1. The molecule has 5 nitrogen and oxygen atoms in total. The van der Waals surface area contributed by atoms with Gasteiger partial charge < -0.3 is 10.4 Å². The third-order valence-electron chi connectivity index (χ3n) is 3.61. The van der Waals surface area contributed by atoms with E-state index in [1.54, 1.807) is 6.92 Å². The lowest BCUT2D eigenvalue weighted by atomic mass is 9.95. The molecule has 2 rings (SSSR count). The molecule has 0 spiro atoms. The van der Waals surface area contributed by atoms with Crippen LogP contribution in [-0.4, -0.2) is 28.2 Å². The van der Waals surface area contributed by atoms with Crippen LogP contribution < -0.4 is 5.32 Å². The van der Waals surface area contributed by atoms with Gasteiger partial charge in [0.2, 0.25) is 5.95 Å². The number of halogens is 3. The van der Waals surface area contributed by atoms with Crippen molar-refractivity contribution in [3.63, 3.8) is 0 Å². The first-order chi connectivity index (χ1) is 11.8. The number of aryl methyl sites for hydroxylation is 1. The predicted molar refractivity (Wildman–Crippen MR) is 85.7 cm³/mol. The van der Waals surface area contributed by atoms with Gasteiger partial charge in [-0.05, 0) is 31.0 Å². The smallest absolute Gasteiger partial charge is 0.396 e. The molecule has 0 aliphatic rings. The molecule has 8 heteroatoms. The second-order valence-corrected chi connectivity index (χ2v) is 5.62. The topological polar surface area (TPSA) is 81.8 Å². The van der Waals surface area contributed by atoms with Gasteiger partial charge in [-0.3, -0.25) is 0 Å². The summed E-state index contributed by atoms with van der Waals surface area (Å²) in [6.07, 6.45) is -4.39. The first-order valence-electron chi connectivity index (χ1n) is 7.59. The van der Waals surface area contributed by atoms with Crippen LogP contribution in [0.5, 0.6) is 0 Å². The van der Waals surface area contributed by atoms with Crippen molar-refractivity contribution in [2.75, 3.05) is 18.5 Å². The molecule has 1 heterocycles. The van der Waals surface area contributed by atoms with E-state index >= 15 is 0 Å². The van der Waals surface area contributed by atoms with Gasteiger partial charge >= 0.3 is 6.18 Å². The lowest BCUT2D eigenvalue weighted by Gasteiger charge is -2.18. The number of alkyl halides is 3. The first kappa shape index (κ1) is 18.7. The Morgan fingerprint density at radius 2 is 2.00 bits per heavy atom. The van der Waals surface area contributed by atoms with Crippen molar-refractivity contribution in [2.45, 2.75) is 19.5 Å². The molecule has 132 valence electrons. The third-order valence-corrected chi connectivity index (χ3v) is 3.61. The monoisotopic (exact) mass is 350 g/mol. The largest absolute Gasteiger partial charge is 0.416 e. The normalized spacial score (nSPS) is 12.5. The maximum atomic E-state index is 13.1. The van der Waals surface area contributed by atoms with E-state index in [0.29, 0.717) is 5.69 Å². The molecule has 0 aliphatic heterocycles. The molecule has 0 bridgehead atoms. The number of benzene rings is 1. The molecule has 2 N–H and O–H groups in total. The number of aliphatic hydroxyl groups excluding tert-OH is 1. The summed E-state index contributed by atoms with van der Waals surface area (Å²) in [5.41, 5.74) is 0.209. The van der Waals surface area contributed by atoms with Crippen LogP contribution in [0.4, 0.5) is 19.1 Å². The Labute approximate surface area is 143 Å². The van der Waals surface area contributed by atoms with Crippen molar-refractivity contribution in [1.82, 2.24) is 9.97 Å². The zero-order valence-corrected chi connectivity index (χ0v) is 13.5. The van der Waals surface area contributed by atoms with Crippen molar-refractivity contribution in [1.29, 1.82) is 5.26 Å². The zero-order valence-electron chi connectivity index (χ0n) is 13.5. The van der Waals surface area contributed by atoms with Gasteiger partial charge in [-0.25, -0.2) is 9.97 Å². The molecule has 0 radical (unpaired) electrons. The molecule has 0 saturated heterocycles. The van der Waals surface area contributed by atoms with Gasteiger partial charge in [0, 0.05) is 24.8 Å². The molecular formula is C17H17F3N4O. The molecule has 1 aromatic carbocycles. The van der Waals surface area contributed by atoms with E-state index in [0.717, 1.165) is 6.07 Å². The average molecular weight is 350 g/mol. The summed E-state index contributed by atoms with van der Waals surface area (Å²) >= 11 is 0. The maximum Gasteiger partial charge on any atom is 0.416 e. The Bertz CT molecular complexity index is 771. The van der Waals surface area contributed by atoms with Crippen LogP contribution in [0.15, 0.2) is 30.3 Å². The summed E-state index contributed by atoms with van der Waals surface area (Å²) < 4.78 is 39.2. The maximum absolute atomic E-state index is 13.1. The van der Waals surface area contributed by atoms with Crippen molar-refractivity contribution >= 4 is 5.95 Å². The molecule has 0 fully saturated rings. The molecular weight excluding hydrogens is 333 g/mol. The van der Waals surface area contributed by atoms with Crippen molar-refractivity contribution in [3.05, 3.63) is 52.8 Å². The Hall–Kier alpha value is -2.66. The van der Waals surface area contributed by atoms with Crippen molar-refractivity contribution in [2.24, 2.45) is 5.92 Å². The predicted octanol–water partition coefficient (Wildman–Crippen LogP) is 2.94. The van der Waals surface area contributed by atoms with Crippen molar-refractivity contribution in [3.8, 4) is 6.07 Å². The third kappa shape index (κ3) is 5.16. The fourth-order valence-electron chi connectivity index (χ4n) is 2.43. The van der Waals surface area contributed by atoms with E-state index < -0.39 is 17.7 Å². The minimum atomic E-state index is -4.44. The number of aliphatic hydroxyl groups is 1. The lowest BCUT2D eigenvalue weighted by molar-refractivity contribution is -0.138. The molecule has 2 aromatic rings. The summed E-state index contributed by atoms with van der Waals surface area (Å²) in [5, 5.41) is 21.3. The Balaban J connectivity index is 2.10. The highest BCUT2D eigenvalue weighted by molar-refractivity contribution is 5.34. The van der Waals surface area contributed by atoms with Gasteiger partial charge in [0.15, 0.2) is 0 Å². The SMILES string of the molecule is Cc1cc(C#N)nc(NCC(CO)Cc2ccccc2C(F)(F)F)n1. The van der Waals surface area contributed by atoms with E-state index in [2.05, 4.69) is 15.3 Å². The van der Waals surface area contributed by atoms with Crippen LogP contribution in [0.1, 0.15) is 22.5 Å². The van der Waals surface area contributed by atoms with Gasteiger partial charge in [0.25, 0.3) is 0 Å². The van der Waals surface area contributed by atoms with Crippen LogP contribution in [0, 0.1) is 24.2 Å². The lowest BCUT2D eigenvalue weighted by Crippen LogP contribution is -2.23. The van der Waals surface area contributed by atoms with Gasteiger partial charge in [-0.2, -0.15) is 18.4 Å². The number of nitrogens with one attached hydrogen (secondary N) is 1. The number of aromatic nitrogens is 2. The van der Waals surface area contributed by atoms with Crippen LogP contribution >= 0.6 is 0 Å². The summed E-state index contributed by atoms with van der Waals surface area (Å²) in [7, 11) is 0. The number of rotatable bonds is 6. The van der Waals surface area contributed by atoms with E-state index in [-0.39, 0.29) is 36.8 Å². The minimum Gasteiger partial charge on any atom is -0.396 e. The van der Waals surface area contributed by atoms with E-state index in [4.69, 9.17) is 5.26 Å². The Kier molecular flexibility index (Phi) is 5.93. The number of hydrogen-bond acceptors (Lipinski definition) is 5. The van der Waals surface area contributed by atoms with Crippen LogP contribution in [0.2, 0.25) is 0 Å². The number of hydrogen-bond donors (Lipinski definition) is 2. The quantitative estimate of drug-likeness (QED) is 0.837. The summed E-state index contributed by atoms with van der Waals surface area (Å²) in [6, 6.07) is 8.74. The second-order valence-electron chi connectivity index (χ2n) is 5.62. The summed E-state index contributed by atoms with van der Waals surface area (Å²) in [4.78, 5) is 8.09. The second kappa shape index (κ2) is 7.94. The number of nitrogens with zero attached hydrogens (tertiary/aromatic N) is 3. The molecule has 1 atom stereocenters. The van der Waals surface area contributed by atoms with Gasteiger partial charge in [0.05, 0.1) is 5.56 Å². The Morgan fingerprint density at radius 1 is 1.28 bits per heavy atom. The van der Waals surface area contributed by atoms with Crippen LogP contribution in [0.25, 0.3) is 0 Å². The highest BCUT2D eigenvalue weighted by atomic mass is 19.4.